The van der Waals surface area contributed by atoms with Gasteiger partial charge in [0.15, 0.2) is 6.04 Å². The van der Waals surface area contributed by atoms with Crippen LogP contribution in [-0.4, -0.2) is 36.8 Å². The minimum absolute atomic E-state index is 0.208. The van der Waals surface area contributed by atoms with Crippen LogP contribution in [0.3, 0.4) is 0 Å². The summed E-state index contributed by atoms with van der Waals surface area (Å²) in [5, 5.41) is 12.1. The van der Waals surface area contributed by atoms with E-state index in [1.165, 1.54) is 0 Å². The minimum Gasteiger partial charge on any atom is -0.497 e. The molecule has 0 radical (unpaired) electrons. The van der Waals surface area contributed by atoms with Crippen LogP contribution < -0.4 is 14.8 Å². The molecule has 7 heteroatoms. The number of aliphatic carboxylic acids is 1. The van der Waals surface area contributed by atoms with Crippen LogP contribution in [0.2, 0.25) is 0 Å². The number of fused-ring (bicyclic) bond motifs is 1. The summed E-state index contributed by atoms with van der Waals surface area (Å²) in [6.45, 7) is 2.38. The van der Waals surface area contributed by atoms with Gasteiger partial charge >= 0.3 is 5.97 Å². The highest BCUT2D eigenvalue weighted by molar-refractivity contribution is 5.87. The number of carbonyl (C=O) groups excluding carboxylic acids is 1. The largest absolute Gasteiger partial charge is 0.497 e. The smallest absolute Gasteiger partial charge is 0.330 e. The first-order chi connectivity index (χ1) is 13.5. The number of carbonyl (C=O) groups is 2. The van der Waals surface area contributed by atoms with Crippen molar-refractivity contribution in [2.24, 2.45) is 0 Å². The van der Waals surface area contributed by atoms with Crippen molar-refractivity contribution in [2.75, 3.05) is 13.7 Å². The SMILES string of the molecule is COc1cccc(COC(C)C(=O)NC(C(=O)O)c2ccc3c(c2)CCO3)c1. The van der Waals surface area contributed by atoms with Gasteiger partial charge in [0.1, 0.15) is 17.6 Å². The molecule has 7 nitrogen and oxygen atoms in total. The highest BCUT2D eigenvalue weighted by atomic mass is 16.5. The van der Waals surface area contributed by atoms with Crippen LogP contribution in [0, 0.1) is 0 Å². The summed E-state index contributed by atoms with van der Waals surface area (Å²) in [6, 6.07) is 11.3. The number of nitrogens with one attached hydrogen (secondary N) is 1. The monoisotopic (exact) mass is 385 g/mol. The number of methoxy groups -OCH3 is 1. The third-order valence-corrected chi connectivity index (χ3v) is 4.58. The predicted octanol–water partition coefficient (Wildman–Crippen LogP) is 2.48. The number of hydrogen-bond donors (Lipinski definition) is 2. The fourth-order valence-corrected chi connectivity index (χ4v) is 2.99. The Labute approximate surface area is 163 Å². The van der Waals surface area contributed by atoms with E-state index >= 15 is 0 Å². The van der Waals surface area contributed by atoms with Crippen LogP contribution in [0.25, 0.3) is 0 Å². The summed E-state index contributed by atoms with van der Waals surface area (Å²) >= 11 is 0. The van der Waals surface area contributed by atoms with Crippen molar-refractivity contribution in [3.05, 3.63) is 59.2 Å². The molecule has 148 valence electrons. The lowest BCUT2D eigenvalue weighted by atomic mass is 10.0. The Kier molecular flexibility index (Phi) is 6.16. The molecule has 0 aromatic heterocycles. The molecule has 0 saturated heterocycles. The standard InChI is InChI=1S/C21H23NO6/c1-13(28-12-14-4-3-5-17(10-14)26-2)20(23)22-19(21(24)25)16-6-7-18-15(11-16)8-9-27-18/h3-7,10-11,13,19H,8-9,12H2,1-2H3,(H,22,23)(H,24,25). The highest BCUT2D eigenvalue weighted by Crippen LogP contribution is 2.28. The topological polar surface area (TPSA) is 94.1 Å². The zero-order chi connectivity index (χ0) is 20.1. The molecule has 28 heavy (non-hydrogen) atoms. The van der Waals surface area contributed by atoms with Crippen LogP contribution in [0.4, 0.5) is 0 Å². The molecule has 3 rings (SSSR count). The molecule has 2 atom stereocenters. The van der Waals surface area contributed by atoms with E-state index in [4.69, 9.17) is 14.2 Å². The van der Waals surface area contributed by atoms with Crippen LogP contribution in [-0.2, 0) is 27.4 Å². The van der Waals surface area contributed by atoms with Crippen LogP contribution in [0.1, 0.15) is 29.7 Å². The maximum atomic E-state index is 12.5. The molecule has 2 unspecified atom stereocenters. The van der Waals surface area contributed by atoms with Gasteiger partial charge < -0.3 is 24.6 Å². The minimum atomic E-state index is -1.15. The van der Waals surface area contributed by atoms with Crippen molar-refractivity contribution in [3.63, 3.8) is 0 Å². The number of rotatable bonds is 8. The lowest BCUT2D eigenvalue weighted by Crippen LogP contribution is -2.40. The third kappa shape index (κ3) is 4.61. The Morgan fingerprint density at radius 2 is 2.07 bits per heavy atom. The van der Waals surface area contributed by atoms with Crippen molar-refractivity contribution in [3.8, 4) is 11.5 Å². The highest BCUT2D eigenvalue weighted by Gasteiger charge is 2.26. The summed E-state index contributed by atoms with van der Waals surface area (Å²) in [6.07, 6.45) is -0.0884. The molecule has 2 aromatic carbocycles. The van der Waals surface area contributed by atoms with Crippen molar-refractivity contribution in [2.45, 2.75) is 32.1 Å². The molecule has 0 fully saturated rings. The summed E-state index contributed by atoms with van der Waals surface area (Å²) in [7, 11) is 1.58. The van der Waals surface area contributed by atoms with E-state index in [1.54, 1.807) is 32.2 Å². The molecule has 0 spiro atoms. The zero-order valence-corrected chi connectivity index (χ0v) is 15.8. The third-order valence-electron chi connectivity index (χ3n) is 4.58. The lowest BCUT2D eigenvalue weighted by Gasteiger charge is -2.19. The van der Waals surface area contributed by atoms with Gasteiger partial charge in [0.25, 0.3) is 0 Å². The average molecular weight is 385 g/mol. The Morgan fingerprint density at radius 3 is 2.82 bits per heavy atom. The van der Waals surface area contributed by atoms with E-state index in [9.17, 15) is 14.7 Å². The van der Waals surface area contributed by atoms with E-state index < -0.39 is 24.0 Å². The van der Waals surface area contributed by atoms with Gasteiger partial charge in [-0.3, -0.25) is 4.79 Å². The predicted molar refractivity (Wildman–Crippen MR) is 101 cm³/mol. The number of carboxylic acid groups (broad SMARTS) is 1. The second-order valence-electron chi connectivity index (χ2n) is 6.55. The van der Waals surface area contributed by atoms with Gasteiger partial charge in [-0.15, -0.1) is 0 Å². The van der Waals surface area contributed by atoms with Gasteiger partial charge in [0, 0.05) is 6.42 Å². The van der Waals surface area contributed by atoms with Crippen molar-refractivity contribution in [1.29, 1.82) is 0 Å². The zero-order valence-electron chi connectivity index (χ0n) is 15.8. The molecule has 1 aliphatic heterocycles. The molecule has 0 saturated carbocycles. The molecule has 1 heterocycles. The number of hydrogen-bond acceptors (Lipinski definition) is 5. The fourth-order valence-electron chi connectivity index (χ4n) is 2.99. The molecule has 0 aliphatic carbocycles. The van der Waals surface area contributed by atoms with Crippen LogP contribution >= 0.6 is 0 Å². The molecule has 2 aromatic rings. The molecule has 2 N–H and O–H groups in total. The second kappa shape index (κ2) is 8.75. The average Bonchev–Trinajstić information content (AvgIpc) is 3.17. The lowest BCUT2D eigenvalue weighted by molar-refractivity contribution is -0.144. The van der Waals surface area contributed by atoms with Crippen molar-refractivity contribution in [1.82, 2.24) is 5.32 Å². The molecular formula is C21H23NO6. The van der Waals surface area contributed by atoms with Gasteiger partial charge in [-0.25, -0.2) is 4.79 Å². The molecular weight excluding hydrogens is 362 g/mol. The van der Waals surface area contributed by atoms with Gasteiger partial charge in [-0.1, -0.05) is 18.2 Å². The first kappa shape index (κ1) is 19.7. The first-order valence-electron chi connectivity index (χ1n) is 9.01. The Balaban J connectivity index is 1.62. The fraction of sp³-hybridized carbons (Fsp3) is 0.333. The van der Waals surface area contributed by atoms with Crippen LogP contribution in [0.5, 0.6) is 11.5 Å². The Bertz CT molecular complexity index is 866. The van der Waals surface area contributed by atoms with E-state index in [0.717, 1.165) is 23.3 Å². The van der Waals surface area contributed by atoms with E-state index in [0.29, 0.717) is 17.9 Å². The normalized spacial score (nSPS) is 14.5. The summed E-state index contributed by atoms with van der Waals surface area (Å²) in [4.78, 5) is 24.2. The summed E-state index contributed by atoms with van der Waals surface area (Å²) in [5.41, 5.74) is 2.30. The Morgan fingerprint density at radius 1 is 1.25 bits per heavy atom. The molecule has 0 bridgehead atoms. The van der Waals surface area contributed by atoms with Crippen molar-refractivity contribution < 1.29 is 28.9 Å². The van der Waals surface area contributed by atoms with Gasteiger partial charge in [-0.05, 0) is 47.9 Å². The molecule has 1 amide bonds. The maximum absolute atomic E-state index is 12.5. The number of amides is 1. The van der Waals surface area contributed by atoms with Crippen molar-refractivity contribution >= 4 is 11.9 Å². The second-order valence-corrected chi connectivity index (χ2v) is 6.55. The number of ether oxygens (including phenoxy) is 3. The first-order valence-corrected chi connectivity index (χ1v) is 9.01. The van der Waals surface area contributed by atoms with Gasteiger partial charge in [-0.2, -0.15) is 0 Å². The number of carboxylic acids is 1. The molecule has 1 aliphatic rings. The van der Waals surface area contributed by atoms with Gasteiger partial charge in [0.2, 0.25) is 5.91 Å². The van der Waals surface area contributed by atoms with E-state index in [1.807, 2.05) is 24.3 Å². The maximum Gasteiger partial charge on any atom is 0.330 e. The summed E-state index contributed by atoms with van der Waals surface area (Å²) in [5.74, 6) is -0.168. The van der Waals surface area contributed by atoms with E-state index in [-0.39, 0.29) is 6.61 Å². The summed E-state index contributed by atoms with van der Waals surface area (Å²) < 4.78 is 16.2. The number of benzene rings is 2. The van der Waals surface area contributed by atoms with E-state index in [2.05, 4.69) is 5.32 Å². The quantitative estimate of drug-likeness (QED) is 0.725. The Hall–Kier alpha value is -3.06. The van der Waals surface area contributed by atoms with Crippen LogP contribution in [0.15, 0.2) is 42.5 Å². The van der Waals surface area contributed by atoms with Gasteiger partial charge in [0.05, 0.1) is 20.3 Å².